The molecule has 1 aromatic heterocycles. The van der Waals surface area contributed by atoms with Gasteiger partial charge < -0.3 is 5.32 Å². The summed E-state index contributed by atoms with van der Waals surface area (Å²) in [4.78, 5) is 13.0. The minimum atomic E-state index is -0.250. The Kier molecular flexibility index (Phi) is 5.33. The number of rotatable bonds is 4. The molecule has 1 N–H and O–H groups in total. The maximum atomic E-state index is 13.0. The number of nitrogens with zero attached hydrogens (tertiary/aromatic N) is 2. The van der Waals surface area contributed by atoms with Gasteiger partial charge in [0.15, 0.2) is 5.69 Å². The van der Waals surface area contributed by atoms with Crippen LogP contribution in [0.4, 0.5) is 5.69 Å². The third-order valence-corrected chi connectivity index (χ3v) is 5.90. The molecule has 1 heterocycles. The number of aromatic nitrogens is 2. The number of carbonyl (C=O) groups excluding carboxylic acids is 1. The van der Waals surface area contributed by atoms with Crippen LogP contribution in [0, 0.1) is 6.92 Å². The van der Waals surface area contributed by atoms with Gasteiger partial charge in [0, 0.05) is 15.7 Å². The summed E-state index contributed by atoms with van der Waals surface area (Å²) in [5, 5.41) is 9.92. The molecule has 0 aliphatic rings. The van der Waals surface area contributed by atoms with Crippen LogP contribution in [-0.4, -0.2) is 15.7 Å². The average molecular weight is 482 g/mol. The van der Waals surface area contributed by atoms with Crippen molar-refractivity contribution in [2.45, 2.75) is 6.92 Å². The highest BCUT2D eigenvalue weighted by Crippen LogP contribution is 2.28. The number of halogens is 1. The van der Waals surface area contributed by atoms with E-state index < -0.39 is 0 Å². The molecule has 0 aliphatic heterocycles. The second kappa shape index (κ2) is 8.44. The highest BCUT2D eigenvalue weighted by atomic mass is 79.9. The molecule has 0 unspecified atom stereocenters. The van der Waals surface area contributed by atoms with Crippen molar-refractivity contribution in [2.75, 3.05) is 5.32 Å². The average Bonchev–Trinajstić information content (AvgIpc) is 3.26. The monoisotopic (exact) mass is 481 g/mol. The lowest BCUT2D eigenvalue weighted by Crippen LogP contribution is -2.13. The fourth-order valence-corrected chi connectivity index (χ4v) is 3.92. The first kappa shape index (κ1) is 20.2. The van der Waals surface area contributed by atoms with Crippen LogP contribution in [0.1, 0.15) is 16.1 Å². The maximum absolute atomic E-state index is 13.0. The Labute approximate surface area is 194 Å². The van der Waals surface area contributed by atoms with Crippen molar-refractivity contribution in [1.82, 2.24) is 9.78 Å². The summed E-state index contributed by atoms with van der Waals surface area (Å²) < 4.78 is 2.79. The van der Waals surface area contributed by atoms with E-state index in [1.807, 2.05) is 78.3 Å². The van der Waals surface area contributed by atoms with E-state index in [1.165, 1.54) is 10.9 Å². The van der Waals surface area contributed by atoms with E-state index in [9.17, 15) is 4.79 Å². The van der Waals surface area contributed by atoms with E-state index in [-0.39, 0.29) is 5.91 Å². The van der Waals surface area contributed by atoms with Crippen LogP contribution in [0.3, 0.4) is 0 Å². The SMILES string of the molecule is Cc1ccc(-n2nc(C(=O)Nc3ccc(Br)cc3)cc2-c2ccc3ccccc3c2)cc1. The first-order valence-corrected chi connectivity index (χ1v) is 11.1. The molecule has 5 aromatic rings. The summed E-state index contributed by atoms with van der Waals surface area (Å²) in [6.45, 7) is 2.05. The van der Waals surface area contributed by atoms with E-state index in [1.54, 1.807) is 0 Å². The van der Waals surface area contributed by atoms with Gasteiger partial charge >= 0.3 is 0 Å². The van der Waals surface area contributed by atoms with Gasteiger partial charge in [-0.25, -0.2) is 4.68 Å². The molecule has 0 radical (unpaired) electrons. The van der Waals surface area contributed by atoms with E-state index in [0.29, 0.717) is 5.69 Å². The number of aryl methyl sites for hydroxylation is 1. The molecular formula is C27H20BrN3O. The fourth-order valence-electron chi connectivity index (χ4n) is 3.66. The van der Waals surface area contributed by atoms with Crippen molar-refractivity contribution in [3.8, 4) is 16.9 Å². The molecule has 4 nitrogen and oxygen atoms in total. The molecule has 0 aliphatic carbocycles. The number of carbonyl (C=O) groups is 1. The Hall–Kier alpha value is -3.70. The number of hydrogen-bond acceptors (Lipinski definition) is 2. The molecule has 0 saturated carbocycles. The number of fused-ring (bicyclic) bond motifs is 1. The first-order valence-electron chi connectivity index (χ1n) is 10.3. The highest BCUT2D eigenvalue weighted by molar-refractivity contribution is 9.10. The van der Waals surface area contributed by atoms with E-state index in [2.05, 4.69) is 56.7 Å². The van der Waals surface area contributed by atoms with E-state index in [0.717, 1.165) is 32.5 Å². The molecule has 0 saturated heterocycles. The van der Waals surface area contributed by atoms with Crippen LogP contribution in [0.25, 0.3) is 27.7 Å². The van der Waals surface area contributed by atoms with Gasteiger partial charge in [-0.2, -0.15) is 5.10 Å². The van der Waals surface area contributed by atoms with Crippen LogP contribution in [0.5, 0.6) is 0 Å². The normalized spacial score (nSPS) is 10.9. The lowest BCUT2D eigenvalue weighted by Gasteiger charge is -2.09. The minimum Gasteiger partial charge on any atom is -0.321 e. The molecule has 0 bridgehead atoms. The number of benzene rings is 4. The molecule has 0 fully saturated rings. The van der Waals surface area contributed by atoms with Crippen molar-refractivity contribution in [3.05, 3.63) is 113 Å². The van der Waals surface area contributed by atoms with Crippen molar-refractivity contribution in [1.29, 1.82) is 0 Å². The zero-order valence-electron chi connectivity index (χ0n) is 17.4. The second-order valence-corrected chi connectivity index (χ2v) is 8.60. The van der Waals surface area contributed by atoms with Gasteiger partial charge in [0.2, 0.25) is 0 Å². The Balaban J connectivity index is 1.59. The Morgan fingerprint density at radius 2 is 1.56 bits per heavy atom. The summed E-state index contributed by atoms with van der Waals surface area (Å²) in [6.07, 6.45) is 0. The predicted octanol–water partition coefficient (Wildman–Crippen LogP) is 7.02. The number of anilines is 1. The topological polar surface area (TPSA) is 46.9 Å². The second-order valence-electron chi connectivity index (χ2n) is 7.69. The van der Waals surface area contributed by atoms with Crippen LogP contribution < -0.4 is 5.32 Å². The number of hydrogen-bond donors (Lipinski definition) is 1. The summed E-state index contributed by atoms with van der Waals surface area (Å²) in [5.74, 6) is -0.250. The first-order chi connectivity index (χ1) is 15.6. The van der Waals surface area contributed by atoms with Gasteiger partial charge in [-0.3, -0.25) is 4.79 Å². The van der Waals surface area contributed by atoms with Gasteiger partial charge in [0.25, 0.3) is 5.91 Å². The molecule has 0 spiro atoms. The molecule has 32 heavy (non-hydrogen) atoms. The summed E-state index contributed by atoms with van der Waals surface area (Å²) in [5.41, 5.74) is 5.01. The Morgan fingerprint density at radius 1 is 0.844 bits per heavy atom. The lowest BCUT2D eigenvalue weighted by atomic mass is 10.0. The highest BCUT2D eigenvalue weighted by Gasteiger charge is 2.17. The van der Waals surface area contributed by atoms with Crippen molar-refractivity contribution >= 4 is 38.3 Å². The van der Waals surface area contributed by atoms with Crippen LogP contribution in [0.15, 0.2) is 102 Å². The molecule has 156 valence electrons. The smallest absolute Gasteiger partial charge is 0.276 e. The summed E-state index contributed by atoms with van der Waals surface area (Å²) in [6, 6.07) is 32.0. The minimum absolute atomic E-state index is 0.250. The molecule has 5 rings (SSSR count). The van der Waals surface area contributed by atoms with Crippen LogP contribution >= 0.6 is 15.9 Å². The molecule has 1 amide bonds. The quantitative estimate of drug-likeness (QED) is 0.299. The van der Waals surface area contributed by atoms with Gasteiger partial charge in [-0.15, -0.1) is 0 Å². The van der Waals surface area contributed by atoms with Gasteiger partial charge in [0.1, 0.15) is 0 Å². The zero-order chi connectivity index (χ0) is 22.1. The van der Waals surface area contributed by atoms with Crippen molar-refractivity contribution in [3.63, 3.8) is 0 Å². The van der Waals surface area contributed by atoms with Crippen LogP contribution in [0.2, 0.25) is 0 Å². The fraction of sp³-hybridized carbons (Fsp3) is 0.0370. The summed E-state index contributed by atoms with van der Waals surface area (Å²) >= 11 is 3.41. The number of amides is 1. The van der Waals surface area contributed by atoms with Crippen molar-refractivity contribution in [2.24, 2.45) is 0 Å². The Morgan fingerprint density at radius 3 is 2.31 bits per heavy atom. The predicted molar refractivity (Wildman–Crippen MR) is 133 cm³/mol. The third kappa shape index (κ3) is 4.07. The summed E-state index contributed by atoms with van der Waals surface area (Å²) in [7, 11) is 0. The van der Waals surface area contributed by atoms with Gasteiger partial charge in [0.05, 0.1) is 11.4 Å². The standard InChI is InChI=1S/C27H20BrN3O/c1-18-6-14-24(15-7-18)31-26(21-9-8-19-4-2-3-5-20(19)16-21)17-25(30-31)27(32)29-23-12-10-22(28)11-13-23/h2-17H,1H3,(H,29,32). The number of nitrogens with one attached hydrogen (secondary N) is 1. The molecule has 5 heteroatoms. The van der Waals surface area contributed by atoms with Crippen LogP contribution in [-0.2, 0) is 0 Å². The Bertz CT molecular complexity index is 1420. The molecule has 4 aromatic carbocycles. The van der Waals surface area contributed by atoms with E-state index >= 15 is 0 Å². The maximum Gasteiger partial charge on any atom is 0.276 e. The van der Waals surface area contributed by atoms with Gasteiger partial charge in [-0.05, 0) is 66.2 Å². The lowest BCUT2D eigenvalue weighted by molar-refractivity contribution is 0.102. The third-order valence-electron chi connectivity index (χ3n) is 5.37. The largest absolute Gasteiger partial charge is 0.321 e. The van der Waals surface area contributed by atoms with Gasteiger partial charge in [-0.1, -0.05) is 70.0 Å². The molecule has 0 atom stereocenters. The zero-order valence-corrected chi connectivity index (χ0v) is 19.0. The van der Waals surface area contributed by atoms with Crippen molar-refractivity contribution < 1.29 is 4.79 Å². The van der Waals surface area contributed by atoms with E-state index in [4.69, 9.17) is 0 Å². The molecular weight excluding hydrogens is 462 g/mol.